The van der Waals surface area contributed by atoms with Crippen molar-refractivity contribution in [3.63, 3.8) is 0 Å². The number of morpholine rings is 1. The van der Waals surface area contributed by atoms with Gasteiger partial charge in [-0.2, -0.15) is 0 Å². The van der Waals surface area contributed by atoms with Crippen LogP contribution >= 0.6 is 24.4 Å². The van der Waals surface area contributed by atoms with Crippen LogP contribution in [0.1, 0.15) is 23.7 Å². The maximum absolute atomic E-state index is 12.8. The Hall–Kier alpha value is -0.490. The Labute approximate surface area is 130 Å². The molecule has 1 unspecified atom stereocenters. The fraction of sp³-hybridized carbons (Fsp3) is 0.533. The van der Waals surface area contributed by atoms with Crippen molar-refractivity contribution in [3.05, 3.63) is 29.8 Å². The molecular weight excluding hydrogens is 290 g/mol. The number of hydrogen-bond acceptors (Lipinski definition) is 5. The van der Waals surface area contributed by atoms with Gasteiger partial charge in [0.1, 0.15) is 4.87 Å². The Morgan fingerprint density at radius 2 is 1.95 bits per heavy atom. The zero-order chi connectivity index (χ0) is 14.6. The Morgan fingerprint density at radius 3 is 2.45 bits per heavy atom. The predicted octanol–water partition coefficient (Wildman–Crippen LogP) is 2.96. The van der Waals surface area contributed by atoms with Crippen molar-refractivity contribution in [1.29, 1.82) is 0 Å². The van der Waals surface area contributed by atoms with Gasteiger partial charge < -0.3 is 4.74 Å². The number of rotatable bonds is 5. The molecule has 1 aliphatic heterocycles. The van der Waals surface area contributed by atoms with Gasteiger partial charge in [0.15, 0.2) is 5.78 Å². The van der Waals surface area contributed by atoms with Gasteiger partial charge in [0.25, 0.3) is 0 Å². The van der Waals surface area contributed by atoms with Crippen LogP contribution in [0.4, 0.5) is 0 Å². The van der Waals surface area contributed by atoms with Crippen LogP contribution in [-0.4, -0.2) is 48.1 Å². The summed E-state index contributed by atoms with van der Waals surface area (Å²) in [6.45, 7) is 4.86. The molecule has 0 radical (unpaired) electrons. The topological polar surface area (TPSA) is 29.5 Å². The standard InChI is InChI=1S/C15H21NO2S2/c1-3-15(19,16-8-10-18-11-9-16)14(17)12-4-6-13(20-2)7-5-12/h4-7,19H,3,8-11H2,1-2H3. The van der Waals surface area contributed by atoms with Crippen molar-refractivity contribution >= 4 is 30.2 Å². The molecule has 1 aliphatic rings. The number of benzene rings is 1. The van der Waals surface area contributed by atoms with E-state index in [2.05, 4.69) is 4.90 Å². The molecular formula is C15H21NO2S2. The van der Waals surface area contributed by atoms with Gasteiger partial charge in [-0.05, 0) is 24.8 Å². The fourth-order valence-corrected chi connectivity index (χ4v) is 3.17. The lowest BCUT2D eigenvalue weighted by atomic mass is 9.99. The van der Waals surface area contributed by atoms with Crippen molar-refractivity contribution in [2.24, 2.45) is 0 Å². The third-order valence-corrected chi connectivity index (χ3v) is 5.29. The van der Waals surface area contributed by atoms with E-state index in [9.17, 15) is 4.79 Å². The lowest BCUT2D eigenvalue weighted by Crippen LogP contribution is -2.54. The molecule has 1 aromatic rings. The maximum atomic E-state index is 12.8. The summed E-state index contributed by atoms with van der Waals surface area (Å²) in [7, 11) is 0. The summed E-state index contributed by atoms with van der Waals surface area (Å²) in [5, 5.41) is 0. The van der Waals surface area contributed by atoms with Crippen molar-refractivity contribution in [1.82, 2.24) is 4.90 Å². The second kappa shape index (κ2) is 6.98. The highest BCUT2D eigenvalue weighted by molar-refractivity contribution is 7.98. The number of ketones is 1. The molecule has 0 amide bonds. The summed E-state index contributed by atoms with van der Waals surface area (Å²) >= 11 is 6.41. The number of carbonyl (C=O) groups excluding carboxylic acids is 1. The Morgan fingerprint density at radius 1 is 1.35 bits per heavy atom. The summed E-state index contributed by atoms with van der Waals surface area (Å²) in [6, 6.07) is 7.77. The van der Waals surface area contributed by atoms with Crippen molar-refractivity contribution in [2.45, 2.75) is 23.1 Å². The molecule has 0 bridgehead atoms. The number of carbonyl (C=O) groups is 1. The summed E-state index contributed by atoms with van der Waals surface area (Å²) in [4.78, 5) is 15.4. The van der Waals surface area contributed by atoms with Crippen LogP contribution in [-0.2, 0) is 4.74 Å². The smallest absolute Gasteiger partial charge is 0.193 e. The molecule has 1 saturated heterocycles. The minimum absolute atomic E-state index is 0.0814. The molecule has 110 valence electrons. The van der Waals surface area contributed by atoms with Crippen LogP contribution in [0.15, 0.2) is 29.2 Å². The molecule has 1 fully saturated rings. The molecule has 0 aliphatic carbocycles. The van der Waals surface area contributed by atoms with Gasteiger partial charge in [-0.1, -0.05) is 19.1 Å². The average Bonchev–Trinajstić information content (AvgIpc) is 2.54. The molecule has 0 spiro atoms. The summed E-state index contributed by atoms with van der Waals surface area (Å²) in [5.41, 5.74) is 0.728. The first kappa shape index (κ1) is 15.9. The summed E-state index contributed by atoms with van der Waals surface area (Å²) in [5.74, 6) is 0.0814. The minimum Gasteiger partial charge on any atom is -0.379 e. The third kappa shape index (κ3) is 3.22. The molecule has 1 atom stereocenters. The van der Waals surface area contributed by atoms with Gasteiger partial charge >= 0.3 is 0 Å². The van der Waals surface area contributed by atoms with Gasteiger partial charge in [-0.15, -0.1) is 24.4 Å². The lowest BCUT2D eigenvalue weighted by Gasteiger charge is -2.40. The number of nitrogens with zero attached hydrogens (tertiary/aromatic N) is 1. The van der Waals surface area contributed by atoms with E-state index in [4.69, 9.17) is 17.4 Å². The van der Waals surface area contributed by atoms with Crippen LogP contribution in [0.25, 0.3) is 0 Å². The monoisotopic (exact) mass is 311 g/mol. The molecule has 1 aromatic carbocycles. The first-order valence-corrected chi connectivity index (χ1v) is 8.53. The van der Waals surface area contributed by atoms with Crippen molar-refractivity contribution < 1.29 is 9.53 Å². The highest BCUT2D eigenvalue weighted by atomic mass is 32.2. The van der Waals surface area contributed by atoms with Crippen LogP contribution in [0.3, 0.4) is 0 Å². The van der Waals surface area contributed by atoms with Gasteiger partial charge in [0.05, 0.1) is 13.2 Å². The largest absolute Gasteiger partial charge is 0.379 e. The van der Waals surface area contributed by atoms with E-state index in [1.54, 1.807) is 11.8 Å². The predicted molar refractivity (Wildman–Crippen MR) is 87.0 cm³/mol. The number of Topliss-reactive ketones (excluding diaryl/α,β-unsaturated/α-hetero) is 1. The van der Waals surface area contributed by atoms with Crippen molar-refractivity contribution in [3.8, 4) is 0 Å². The zero-order valence-electron chi connectivity index (χ0n) is 12.0. The van der Waals surface area contributed by atoms with Gasteiger partial charge in [0, 0.05) is 23.5 Å². The Balaban J connectivity index is 2.22. The second-order valence-corrected chi connectivity index (χ2v) is 6.45. The van der Waals surface area contributed by atoms with Crippen LogP contribution in [0.5, 0.6) is 0 Å². The van der Waals surface area contributed by atoms with E-state index in [0.29, 0.717) is 19.6 Å². The maximum Gasteiger partial charge on any atom is 0.193 e. The normalized spacial score (nSPS) is 19.6. The summed E-state index contributed by atoms with van der Waals surface area (Å²) in [6.07, 6.45) is 2.71. The van der Waals surface area contributed by atoms with E-state index >= 15 is 0 Å². The molecule has 1 heterocycles. The van der Waals surface area contributed by atoms with Crippen molar-refractivity contribution in [2.75, 3.05) is 32.6 Å². The highest BCUT2D eigenvalue weighted by Crippen LogP contribution is 2.30. The SMILES string of the molecule is CCC(S)(C(=O)c1ccc(SC)cc1)N1CCOCC1. The van der Waals surface area contributed by atoms with E-state index in [0.717, 1.165) is 23.5 Å². The molecule has 20 heavy (non-hydrogen) atoms. The molecule has 0 saturated carbocycles. The van der Waals surface area contributed by atoms with Crippen LogP contribution < -0.4 is 0 Å². The Kier molecular flexibility index (Phi) is 5.55. The quantitative estimate of drug-likeness (QED) is 0.514. The zero-order valence-corrected chi connectivity index (χ0v) is 13.7. The number of hydrogen-bond donors (Lipinski definition) is 1. The first-order chi connectivity index (χ1) is 9.61. The molecule has 3 nitrogen and oxygen atoms in total. The van der Waals surface area contributed by atoms with E-state index in [1.165, 1.54) is 0 Å². The number of thiol groups is 1. The first-order valence-electron chi connectivity index (χ1n) is 6.86. The summed E-state index contributed by atoms with van der Waals surface area (Å²) < 4.78 is 5.37. The Bertz CT molecular complexity index is 457. The molecule has 0 N–H and O–H groups in total. The minimum atomic E-state index is -0.731. The van der Waals surface area contributed by atoms with Crippen LogP contribution in [0, 0.1) is 0 Å². The molecule has 5 heteroatoms. The molecule has 2 rings (SSSR count). The van der Waals surface area contributed by atoms with E-state index in [-0.39, 0.29) is 5.78 Å². The van der Waals surface area contributed by atoms with Gasteiger partial charge in [-0.3, -0.25) is 9.69 Å². The highest BCUT2D eigenvalue weighted by Gasteiger charge is 2.39. The van der Waals surface area contributed by atoms with E-state index < -0.39 is 4.87 Å². The fourth-order valence-electron chi connectivity index (χ4n) is 2.43. The third-order valence-electron chi connectivity index (χ3n) is 3.74. The second-order valence-electron chi connectivity index (χ2n) is 4.83. The molecule has 0 aromatic heterocycles. The lowest BCUT2D eigenvalue weighted by molar-refractivity contribution is 0.00939. The van der Waals surface area contributed by atoms with Gasteiger partial charge in [-0.25, -0.2) is 0 Å². The van der Waals surface area contributed by atoms with Gasteiger partial charge in [0.2, 0.25) is 0 Å². The number of thioether (sulfide) groups is 1. The van der Waals surface area contributed by atoms with Crippen LogP contribution in [0.2, 0.25) is 0 Å². The van der Waals surface area contributed by atoms with E-state index in [1.807, 2.05) is 37.4 Å². The number of ether oxygens (including phenoxy) is 1. The average molecular weight is 311 g/mol.